The Bertz CT molecular complexity index is 432. The first-order valence-corrected chi connectivity index (χ1v) is 6.05. The minimum absolute atomic E-state index is 0.135. The molecule has 17 heavy (non-hydrogen) atoms. The summed E-state index contributed by atoms with van der Waals surface area (Å²) in [4.78, 5) is 13.4. The second-order valence-corrected chi connectivity index (χ2v) is 4.78. The van der Waals surface area contributed by atoms with Crippen LogP contribution >= 0.6 is 11.6 Å². The number of nitrogen functional groups attached to an aromatic ring is 1. The van der Waals surface area contributed by atoms with Crippen molar-refractivity contribution in [1.29, 1.82) is 0 Å². The van der Waals surface area contributed by atoms with Crippen LogP contribution in [0.3, 0.4) is 0 Å². The molecule has 0 saturated heterocycles. The number of halogens is 1. The molecule has 0 bridgehead atoms. The monoisotopic (exact) mass is 253 g/mol. The molecule has 1 fully saturated rings. The largest absolute Gasteiger partial charge is 0.397 e. The van der Waals surface area contributed by atoms with Gasteiger partial charge in [0.2, 0.25) is 0 Å². The molecule has 2 amide bonds. The minimum Gasteiger partial charge on any atom is -0.397 e. The Morgan fingerprint density at radius 3 is 2.82 bits per heavy atom. The Hall–Kier alpha value is -1.42. The third-order valence-electron chi connectivity index (χ3n) is 3.09. The Kier molecular flexibility index (Phi) is 3.43. The number of carbonyl (C=O) groups is 1. The van der Waals surface area contributed by atoms with E-state index in [-0.39, 0.29) is 6.03 Å². The summed E-state index contributed by atoms with van der Waals surface area (Å²) < 4.78 is 0. The smallest absolute Gasteiger partial charge is 0.321 e. The molecule has 92 valence electrons. The van der Waals surface area contributed by atoms with Crippen LogP contribution in [0.25, 0.3) is 0 Å². The van der Waals surface area contributed by atoms with Gasteiger partial charge in [0.05, 0.1) is 11.4 Å². The third-order valence-corrected chi connectivity index (χ3v) is 3.33. The summed E-state index contributed by atoms with van der Waals surface area (Å²) in [7, 11) is 1.69. The highest BCUT2D eigenvalue weighted by atomic mass is 35.5. The quantitative estimate of drug-likeness (QED) is 0.796. The molecule has 1 aliphatic carbocycles. The van der Waals surface area contributed by atoms with Crippen molar-refractivity contribution in [1.82, 2.24) is 5.32 Å². The van der Waals surface area contributed by atoms with Gasteiger partial charge in [0.1, 0.15) is 0 Å². The zero-order valence-electron chi connectivity index (χ0n) is 9.74. The maximum Gasteiger partial charge on any atom is 0.321 e. The lowest BCUT2D eigenvalue weighted by atomic mass is 9.93. The maximum absolute atomic E-state index is 11.9. The van der Waals surface area contributed by atoms with Crippen LogP contribution in [0.4, 0.5) is 16.2 Å². The molecule has 0 atom stereocenters. The summed E-state index contributed by atoms with van der Waals surface area (Å²) in [5.74, 6) is 0. The second-order valence-electron chi connectivity index (χ2n) is 4.34. The van der Waals surface area contributed by atoms with Gasteiger partial charge in [0, 0.05) is 18.1 Å². The lowest BCUT2D eigenvalue weighted by molar-refractivity contribution is 0.235. The van der Waals surface area contributed by atoms with Gasteiger partial charge in [-0.05, 0) is 37.5 Å². The van der Waals surface area contributed by atoms with E-state index in [2.05, 4.69) is 5.32 Å². The van der Waals surface area contributed by atoms with E-state index in [4.69, 9.17) is 17.3 Å². The summed E-state index contributed by atoms with van der Waals surface area (Å²) in [5.41, 5.74) is 7.00. The lowest BCUT2D eigenvalue weighted by Gasteiger charge is -2.29. The first-order valence-electron chi connectivity index (χ1n) is 5.67. The van der Waals surface area contributed by atoms with Gasteiger partial charge in [-0.2, -0.15) is 0 Å². The molecular formula is C12H16ClN3O. The predicted octanol–water partition coefficient (Wildman–Crippen LogP) is 2.62. The summed E-state index contributed by atoms with van der Waals surface area (Å²) in [6, 6.07) is 5.27. The molecule has 0 aromatic heterocycles. The zero-order chi connectivity index (χ0) is 12.4. The van der Waals surface area contributed by atoms with Crippen molar-refractivity contribution >= 4 is 29.0 Å². The van der Waals surface area contributed by atoms with Crippen molar-refractivity contribution in [2.45, 2.75) is 25.3 Å². The van der Waals surface area contributed by atoms with E-state index in [1.54, 1.807) is 25.2 Å². The number of rotatable bonds is 2. The number of nitrogens with one attached hydrogen (secondary N) is 1. The molecule has 0 unspecified atom stereocenters. The fourth-order valence-electron chi connectivity index (χ4n) is 1.74. The van der Waals surface area contributed by atoms with Crippen LogP contribution in [-0.4, -0.2) is 19.1 Å². The summed E-state index contributed by atoms with van der Waals surface area (Å²) in [6.45, 7) is 0. The predicted molar refractivity (Wildman–Crippen MR) is 70.4 cm³/mol. The van der Waals surface area contributed by atoms with Crippen molar-refractivity contribution in [3.63, 3.8) is 0 Å². The van der Waals surface area contributed by atoms with Crippen molar-refractivity contribution in [3.8, 4) is 0 Å². The highest BCUT2D eigenvalue weighted by Gasteiger charge is 2.22. The van der Waals surface area contributed by atoms with Crippen LogP contribution < -0.4 is 16.0 Å². The van der Waals surface area contributed by atoms with Crippen molar-refractivity contribution < 1.29 is 4.79 Å². The van der Waals surface area contributed by atoms with Gasteiger partial charge in [-0.15, -0.1) is 0 Å². The van der Waals surface area contributed by atoms with Gasteiger partial charge in [0.25, 0.3) is 0 Å². The van der Waals surface area contributed by atoms with Gasteiger partial charge in [-0.25, -0.2) is 4.79 Å². The zero-order valence-corrected chi connectivity index (χ0v) is 10.5. The number of hydrogen-bond acceptors (Lipinski definition) is 2. The molecule has 1 saturated carbocycles. The Morgan fingerprint density at radius 2 is 2.24 bits per heavy atom. The van der Waals surface area contributed by atoms with Crippen molar-refractivity contribution in [2.24, 2.45) is 0 Å². The Balaban J connectivity index is 2.09. The van der Waals surface area contributed by atoms with Gasteiger partial charge in [0.15, 0.2) is 0 Å². The standard InChI is InChI=1S/C12H16ClN3O/c1-16(12(17)15-9-3-2-4-9)11-7-8(13)5-6-10(11)14/h5-7,9H,2-4,14H2,1H3,(H,15,17). The van der Waals surface area contributed by atoms with Crippen LogP contribution in [0, 0.1) is 0 Å². The normalized spacial score (nSPS) is 15.2. The van der Waals surface area contributed by atoms with E-state index in [1.807, 2.05) is 0 Å². The van der Waals surface area contributed by atoms with E-state index in [1.165, 1.54) is 11.3 Å². The van der Waals surface area contributed by atoms with E-state index in [9.17, 15) is 4.79 Å². The number of anilines is 2. The topological polar surface area (TPSA) is 58.4 Å². The molecule has 1 aliphatic rings. The maximum atomic E-state index is 11.9. The Labute approximate surface area is 106 Å². The van der Waals surface area contributed by atoms with E-state index < -0.39 is 0 Å². The van der Waals surface area contributed by atoms with Crippen molar-refractivity contribution in [3.05, 3.63) is 23.2 Å². The molecule has 3 N–H and O–H groups in total. The number of amides is 2. The number of nitrogens with zero attached hydrogens (tertiary/aromatic N) is 1. The minimum atomic E-state index is -0.135. The summed E-state index contributed by atoms with van der Waals surface area (Å²) >= 11 is 5.90. The van der Waals surface area contributed by atoms with Gasteiger partial charge in [-0.1, -0.05) is 11.6 Å². The molecule has 1 aromatic rings. The fraction of sp³-hybridized carbons (Fsp3) is 0.417. The highest BCUT2D eigenvalue weighted by molar-refractivity contribution is 6.31. The average molecular weight is 254 g/mol. The van der Waals surface area contributed by atoms with Gasteiger partial charge < -0.3 is 11.1 Å². The van der Waals surface area contributed by atoms with Crippen LogP contribution in [0.1, 0.15) is 19.3 Å². The van der Waals surface area contributed by atoms with Gasteiger partial charge >= 0.3 is 6.03 Å². The second kappa shape index (κ2) is 4.84. The number of urea groups is 1. The number of carbonyl (C=O) groups excluding carboxylic acids is 1. The SMILES string of the molecule is CN(C(=O)NC1CCC1)c1cc(Cl)ccc1N. The number of nitrogens with two attached hydrogens (primary N) is 1. The van der Waals surface area contributed by atoms with Crippen LogP contribution in [0.15, 0.2) is 18.2 Å². The summed E-state index contributed by atoms with van der Waals surface area (Å²) in [5, 5.41) is 3.52. The van der Waals surface area contributed by atoms with Crippen LogP contribution in [-0.2, 0) is 0 Å². The molecule has 5 heteroatoms. The van der Waals surface area contributed by atoms with Crippen molar-refractivity contribution in [2.75, 3.05) is 17.7 Å². The van der Waals surface area contributed by atoms with Crippen LogP contribution in [0.2, 0.25) is 5.02 Å². The molecule has 0 radical (unpaired) electrons. The molecule has 0 aliphatic heterocycles. The first kappa shape index (κ1) is 12.0. The van der Waals surface area contributed by atoms with Gasteiger partial charge in [-0.3, -0.25) is 4.90 Å². The molecular weight excluding hydrogens is 238 g/mol. The first-order chi connectivity index (χ1) is 8.08. The fourth-order valence-corrected chi connectivity index (χ4v) is 1.91. The number of hydrogen-bond donors (Lipinski definition) is 2. The lowest BCUT2D eigenvalue weighted by Crippen LogP contribution is -2.46. The molecule has 2 rings (SSSR count). The Morgan fingerprint density at radius 1 is 1.53 bits per heavy atom. The molecule has 0 heterocycles. The van der Waals surface area contributed by atoms with E-state index in [0.717, 1.165) is 12.8 Å². The van der Waals surface area contributed by atoms with E-state index in [0.29, 0.717) is 22.4 Å². The number of benzene rings is 1. The van der Waals surface area contributed by atoms with Crippen LogP contribution in [0.5, 0.6) is 0 Å². The summed E-state index contributed by atoms with van der Waals surface area (Å²) in [6.07, 6.45) is 3.31. The molecule has 0 spiro atoms. The highest BCUT2D eigenvalue weighted by Crippen LogP contribution is 2.26. The molecule has 1 aromatic carbocycles. The van der Waals surface area contributed by atoms with E-state index >= 15 is 0 Å². The average Bonchev–Trinajstić information content (AvgIpc) is 2.25. The molecule has 4 nitrogen and oxygen atoms in total. The third kappa shape index (κ3) is 2.64.